The molecule has 0 aliphatic heterocycles. The van der Waals surface area contributed by atoms with E-state index in [2.05, 4.69) is 41.3 Å². The van der Waals surface area contributed by atoms with Gasteiger partial charge < -0.3 is 10.3 Å². The number of para-hydroxylation sites is 1. The zero-order valence-corrected chi connectivity index (χ0v) is 12.8. The van der Waals surface area contributed by atoms with E-state index in [1.807, 2.05) is 36.4 Å². The summed E-state index contributed by atoms with van der Waals surface area (Å²) in [5.41, 5.74) is 1.93. The van der Waals surface area contributed by atoms with Crippen molar-refractivity contribution >= 4 is 10.9 Å². The normalized spacial score (nSPS) is 13.9. The minimum atomic E-state index is -0.0757. The number of fused-ring (bicyclic) bond motifs is 1. The average molecular weight is 294 g/mol. The Morgan fingerprint density at radius 1 is 0.955 bits per heavy atom. The number of rotatable bonds is 4. The highest BCUT2D eigenvalue weighted by atomic mass is 16.1. The van der Waals surface area contributed by atoms with Crippen molar-refractivity contribution in [2.24, 2.45) is 0 Å². The molecule has 0 bridgehead atoms. The van der Waals surface area contributed by atoms with Gasteiger partial charge in [-0.05, 0) is 26.0 Å². The number of nitrogens with two attached hydrogens (primary N) is 1. The van der Waals surface area contributed by atoms with Crippen LogP contribution in [0.15, 0.2) is 59.4 Å². The van der Waals surface area contributed by atoms with E-state index in [0.717, 1.165) is 5.52 Å². The Kier molecular flexibility index (Phi) is 4.02. The average Bonchev–Trinajstić information content (AvgIpc) is 2.55. The molecule has 3 aromatic rings. The molecule has 112 valence electrons. The summed E-state index contributed by atoms with van der Waals surface area (Å²) in [7, 11) is 0. The minimum absolute atomic E-state index is 0.0757. The van der Waals surface area contributed by atoms with E-state index in [1.165, 1.54) is 5.56 Å². The lowest BCUT2D eigenvalue weighted by Gasteiger charge is -2.16. The molecule has 0 saturated carbocycles. The molecule has 3 N–H and O–H groups in total. The van der Waals surface area contributed by atoms with Gasteiger partial charge in [-0.15, -0.1) is 0 Å². The molecule has 0 aliphatic carbocycles. The Morgan fingerprint density at radius 3 is 2.41 bits per heavy atom. The first-order valence-electron chi connectivity index (χ1n) is 7.54. The Hall–Kier alpha value is -2.46. The number of aromatic nitrogens is 2. The van der Waals surface area contributed by atoms with E-state index in [9.17, 15) is 4.79 Å². The third-order valence-electron chi connectivity index (χ3n) is 3.97. The Morgan fingerprint density at radius 2 is 1.64 bits per heavy atom. The molecule has 0 spiro atoms. The first kappa shape index (κ1) is 14.5. The topological polar surface area (TPSA) is 62.4 Å². The van der Waals surface area contributed by atoms with Gasteiger partial charge in [0.2, 0.25) is 0 Å². The fourth-order valence-electron chi connectivity index (χ4n) is 2.71. The summed E-state index contributed by atoms with van der Waals surface area (Å²) >= 11 is 0. The summed E-state index contributed by atoms with van der Waals surface area (Å²) in [6, 6.07) is 18.1. The molecule has 0 aliphatic rings. The predicted octanol–water partition coefficient (Wildman–Crippen LogP) is 2.31. The second-order valence-electron chi connectivity index (χ2n) is 5.65. The van der Waals surface area contributed by atoms with Crippen molar-refractivity contribution in [3.05, 3.63) is 76.3 Å². The molecule has 0 unspecified atom stereocenters. The van der Waals surface area contributed by atoms with Gasteiger partial charge in [-0.2, -0.15) is 0 Å². The van der Waals surface area contributed by atoms with E-state index in [-0.39, 0.29) is 11.6 Å². The van der Waals surface area contributed by atoms with Crippen LogP contribution in [0.2, 0.25) is 0 Å². The van der Waals surface area contributed by atoms with Crippen LogP contribution in [-0.2, 0) is 0 Å². The van der Waals surface area contributed by atoms with E-state index < -0.39 is 0 Å². The smallest absolute Gasteiger partial charge is 0.258 e. The maximum atomic E-state index is 12.2. The molecule has 1 heterocycles. The summed E-state index contributed by atoms with van der Waals surface area (Å²) in [5.74, 6) is 0.714. The fourth-order valence-corrected chi connectivity index (χ4v) is 2.71. The van der Waals surface area contributed by atoms with Crippen molar-refractivity contribution in [1.29, 1.82) is 0 Å². The third kappa shape index (κ3) is 2.92. The standard InChI is InChI=1S/C18H19N3O/c1-12(14-8-4-3-5-9-14)19-13(2)17-20-16-11-7-6-10-15(16)18(22)21-17/h3-13,19H,1-2H3,(H,20,21,22)/p+1/t12-,13-/m0/s1. The maximum absolute atomic E-state index is 12.2. The quantitative estimate of drug-likeness (QED) is 0.775. The van der Waals surface area contributed by atoms with Crippen molar-refractivity contribution in [2.75, 3.05) is 0 Å². The molecule has 1 aromatic heterocycles. The number of hydrogen-bond donors (Lipinski definition) is 2. The number of aromatic amines is 1. The molecular formula is C18H20N3O+. The van der Waals surface area contributed by atoms with Gasteiger partial charge in [-0.25, -0.2) is 4.98 Å². The molecule has 0 amide bonds. The molecule has 0 radical (unpaired) electrons. The highest BCUT2D eigenvalue weighted by Crippen LogP contribution is 2.11. The van der Waals surface area contributed by atoms with Gasteiger partial charge in [0.1, 0.15) is 12.1 Å². The predicted molar refractivity (Wildman–Crippen MR) is 87.6 cm³/mol. The molecule has 22 heavy (non-hydrogen) atoms. The third-order valence-corrected chi connectivity index (χ3v) is 3.97. The number of H-pyrrole nitrogens is 1. The molecular weight excluding hydrogens is 274 g/mol. The van der Waals surface area contributed by atoms with Crippen LogP contribution >= 0.6 is 0 Å². The van der Waals surface area contributed by atoms with Crippen molar-refractivity contribution in [1.82, 2.24) is 9.97 Å². The Balaban J connectivity index is 1.86. The number of hydrogen-bond acceptors (Lipinski definition) is 2. The second kappa shape index (κ2) is 6.12. The van der Waals surface area contributed by atoms with Gasteiger partial charge in [-0.1, -0.05) is 42.5 Å². The van der Waals surface area contributed by atoms with Gasteiger partial charge in [0, 0.05) is 5.56 Å². The van der Waals surface area contributed by atoms with E-state index in [1.54, 1.807) is 6.07 Å². The number of benzene rings is 2. The van der Waals surface area contributed by atoms with Crippen molar-refractivity contribution < 1.29 is 5.32 Å². The maximum Gasteiger partial charge on any atom is 0.258 e. The van der Waals surface area contributed by atoms with Gasteiger partial charge in [0.25, 0.3) is 5.56 Å². The largest absolute Gasteiger partial charge is 0.332 e. The Bertz CT molecular complexity index is 826. The summed E-state index contributed by atoms with van der Waals surface area (Å²) in [5, 5.41) is 2.84. The van der Waals surface area contributed by atoms with Crippen LogP contribution in [0.25, 0.3) is 10.9 Å². The van der Waals surface area contributed by atoms with Crippen molar-refractivity contribution in [2.45, 2.75) is 25.9 Å². The summed E-state index contributed by atoms with van der Waals surface area (Å²) in [4.78, 5) is 19.7. The van der Waals surface area contributed by atoms with Crippen LogP contribution in [-0.4, -0.2) is 9.97 Å². The minimum Gasteiger partial charge on any atom is -0.332 e. The molecule has 2 aromatic carbocycles. The molecule has 4 nitrogen and oxygen atoms in total. The number of quaternary nitrogens is 1. The summed E-state index contributed by atoms with van der Waals surface area (Å²) in [6.07, 6.45) is 0. The Labute approximate surface area is 129 Å². The molecule has 4 heteroatoms. The lowest BCUT2D eigenvalue weighted by molar-refractivity contribution is -0.729. The summed E-state index contributed by atoms with van der Waals surface area (Å²) in [6.45, 7) is 4.22. The van der Waals surface area contributed by atoms with Crippen LogP contribution in [0.5, 0.6) is 0 Å². The van der Waals surface area contributed by atoms with Crippen molar-refractivity contribution in [3.8, 4) is 0 Å². The van der Waals surface area contributed by atoms with Crippen LogP contribution in [0.1, 0.15) is 37.3 Å². The molecule has 3 rings (SSSR count). The first-order chi connectivity index (χ1) is 10.6. The van der Waals surface area contributed by atoms with Crippen LogP contribution in [0, 0.1) is 0 Å². The van der Waals surface area contributed by atoms with Crippen molar-refractivity contribution in [3.63, 3.8) is 0 Å². The highest BCUT2D eigenvalue weighted by molar-refractivity contribution is 5.77. The monoisotopic (exact) mass is 294 g/mol. The lowest BCUT2D eigenvalue weighted by Crippen LogP contribution is -2.85. The number of nitrogens with zero attached hydrogens (tertiary/aromatic N) is 1. The first-order valence-corrected chi connectivity index (χ1v) is 7.54. The van der Waals surface area contributed by atoms with Gasteiger partial charge in [-0.3, -0.25) is 4.79 Å². The van der Waals surface area contributed by atoms with Crippen LogP contribution in [0.4, 0.5) is 0 Å². The van der Waals surface area contributed by atoms with Gasteiger partial charge in [0.15, 0.2) is 5.82 Å². The van der Waals surface area contributed by atoms with Gasteiger partial charge in [0.05, 0.1) is 10.9 Å². The van der Waals surface area contributed by atoms with E-state index in [0.29, 0.717) is 17.3 Å². The van der Waals surface area contributed by atoms with E-state index in [4.69, 9.17) is 0 Å². The van der Waals surface area contributed by atoms with E-state index >= 15 is 0 Å². The summed E-state index contributed by atoms with van der Waals surface area (Å²) < 4.78 is 0. The molecule has 0 fully saturated rings. The van der Waals surface area contributed by atoms with Gasteiger partial charge >= 0.3 is 0 Å². The second-order valence-corrected chi connectivity index (χ2v) is 5.65. The van der Waals surface area contributed by atoms with Crippen LogP contribution < -0.4 is 10.9 Å². The molecule has 0 saturated heterocycles. The van der Waals surface area contributed by atoms with Crippen LogP contribution in [0.3, 0.4) is 0 Å². The fraction of sp³-hybridized carbons (Fsp3) is 0.222. The zero-order valence-electron chi connectivity index (χ0n) is 12.8. The lowest BCUT2D eigenvalue weighted by atomic mass is 10.1. The molecule has 2 atom stereocenters. The zero-order chi connectivity index (χ0) is 15.5. The SMILES string of the molecule is C[C@H]([NH2+][C@@H](C)c1nc2ccccc2c(=O)[nH]1)c1ccccc1. The number of nitrogens with one attached hydrogen (secondary N) is 1. The highest BCUT2D eigenvalue weighted by Gasteiger charge is 2.17.